The minimum Gasteiger partial charge on any atom is -1.00 e. The molecule has 2 aromatic carbocycles. The summed E-state index contributed by atoms with van der Waals surface area (Å²) in [5.74, 6) is 0. The number of nitrogens with two attached hydrogens (primary N) is 1. The molecule has 0 atom stereocenters. The molecule has 0 aliphatic heterocycles. The zero-order chi connectivity index (χ0) is 10.8. The quantitative estimate of drug-likeness (QED) is 0.658. The maximum atomic E-state index is 2.40. The van der Waals surface area contributed by atoms with Gasteiger partial charge in [0.25, 0.3) is 0 Å². The molecular formula is C15H16ClN. The first kappa shape index (κ1) is 12.2. The zero-order valence-corrected chi connectivity index (χ0v) is 10.4. The Bertz CT molecular complexity index is 456. The molecule has 88 valence electrons. The normalized spacial score (nSPS) is 14.1. The number of quaternary nitrogens is 1. The van der Waals surface area contributed by atoms with E-state index in [0.717, 1.165) is 0 Å². The van der Waals surface area contributed by atoms with E-state index >= 15 is 0 Å². The molecule has 0 spiro atoms. The van der Waals surface area contributed by atoms with Crippen LogP contribution < -0.4 is 17.7 Å². The number of para-hydroxylation sites is 1. The van der Waals surface area contributed by atoms with Gasteiger partial charge in [-0.05, 0) is 23.3 Å². The second-order valence-electron chi connectivity index (χ2n) is 4.51. The van der Waals surface area contributed by atoms with Crippen LogP contribution in [0.3, 0.4) is 0 Å². The van der Waals surface area contributed by atoms with Crippen LogP contribution in [0.5, 0.6) is 0 Å². The predicted octanol–water partition coefficient (Wildman–Crippen LogP) is -0.947. The summed E-state index contributed by atoms with van der Waals surface area (Å²) in [7, 11) is 0. The lowest BCUT2D eigenvalue weighted by Crippen LogP contribution is -3.00. The highest BCUT2D eigenvalue weighted by molar-refractivity contribution is 5.33. The summed E-state index contributed by atoms with van der Waals surface area (Å²) >= 11 is 0. The van der Waals surface area contributed by atoms with Gasteiger partial charge in [-0.1, -0.05) is 42.5 Å². The van der Waals surface area contributed by atoms with Crippen molar-refractivity contribution in [3.63, 3.8) is 0 Å². The standard InChI is InChI=1S/C15H15N.ClH/c1-2-8-14(9-3-1)16-15-10-12-6-4-5-7-13(12)11-15;/h1-9,15-16H,10-11H2;1H. The molecule has 0 amide bonds. The van der Waals surface area contributed by atoms with Crippen LogP contribution in [0.25, 0.3) is 0 Å². The number of hydrogen-bond donors (Lipinski definition) is 1. The fraction of sp³-hybridized carbons (Fsp3) is 0.200. The summed E-state index contributed by atoms with van der Waals surface area (Å²) in [6.45, 7) is 0. The molecule has 17 heavy (non-hydrogen) atoms. The Morgan fingerprint density at radius 1 is 0.765 bits per heavy atom. The van der Waals surface area contributed by atoms with Gasteiger partial charge in [0.15, 0.2) is 0 Å². The molecule has 1 aliphatic rings. The zero-order valence-electron chi connectivity index (χ0n) is 9.64. The van der Waals surface area contributed by atoms with Gasteiger partial charge in [-0.2, -0.15) is 0 Å². The molecule has 1 aliphatic carbocycles. The van der Waals surface area contributed by atoms with E-state index in [0.29, 0.717) is 6.04 Å². The van der Waals surface area contributed by atoms with Crippen molar-refractivity contribution < 1.29 is 17.7 Å². The molecule has 0 radical (unpaired) electrons. The van der Waals surface area contributed by atoms with Gasteiger partial charge in [-0.15, -0.1) is 0 Å². The van der Waals surface area contributed by atoms with E-state index in [2.05, 4.69) is 59.9 Å². The molecule has 0 saturated carbocycles. The summed E-state index contributed by atoms with van der Waals surface area (Å²) in [6, 6.07) is 20.1. The third kappa shape index (κ3) is 2.68. The van der Waals surface area contributed by atoms with Crippen LogP contribution in [0.15, 0.2) is 54.6 Å². The van der Waals surface area contributed by atoms with Gasteiger partial charge in [0, 0.05) is 12.8 Å². The Kier molecular flexibility index (Phi) is 3.82. The molecule has 0 unspecified atom stereocenters. The van der Waals surface area contributed by atoms with Gasteiger partial charge in [0.2, 0.25) is 0 Å². The SMILES string of the molecule is [Cl-].c1ccc([NH2+]C2Cc3ccccc3C2)cc1. The Labute approximate surface area is 108 Å². The number of hydrogen-bond acceptors (Lipinski definition) is 0. The van der Waals surface area contributed by atoms with Gasteiger partial charge >= 0.3 is 0 Å². The smallest absolute Gasteiger partial charge is 0.129 e. The average molecular weight is 246 g/mol. The van der Waals surface area contributed by atoms with E-state index in [1.807, 2.05) is 0 Å². The summed E-state index contributed by atoms with van der Waals surface area (Å²) in [5, 5.41) is 2.40. The molecule has 0 heterocycles. The van der Waals surface area contributed by atoms with Gasteiger partial charge in [0.05, 0.1) is 6.04 Å². The first-order valence-corrected chi connectivity index (χ1v) is 5.88. The van der Waals surface area contributed by atoms with Crippen molar-refractivity contribution in [1.82, 2.24) is 0 Å². The van der Waals surface area contributed by atoms with Crippen molar-refractivity contribution in [2.24, 2.45) is 0 Å². The van der Waals surface area contributed by atoms with Crippen molar-refractivity contribution >= 4 is 5.69 Å². The van der Waals surface area contributed by atoms with Gasteiger partial charge in [-0.25, -0.2) is 0 Å². The molecular weight excluding hydrogens is 230 g/mol. The molecule has 1 nitrogen and oxygen atoms in total. The molecule has 3 rings (SSSR count). The van der Waals surface area contributed by atoms with E-state index in [1.54, 1.807) is 0 Å². The number of rotatable bonds is 2. The maximum absolute atomic E-state index is 2.40. The summed E-state index contributed by atoms with van der Waals surface area (Å²) in [5.41, 5.74) is 4.40. The predicted molar refractivity (Wildman–Crippen MR) is 65.7 cm³/mol. The summed E-state index contributed by atoms with van der Waals surface area (Å²) in [4.78, 5) is 0. The van der Waals surface area contributed by atoms with Gasteiger partial charge in [0.1, 0.15) is 5.69 Å². The van der Waals surface area contributed by atoms with E-state index in [1.165, 1.54) is 29.7 Å². The largest absolute Gasteiger partial charge is 1.00 e. The van der Waals surface area contributed by atoms with Crippen molar-refractivity contribution in [1.29, 1.82) is 0 Å². The Morgan fingerprint density at radius 3 is 1.88 bits per heavy atom. The van der Waals surface area contributed by atoms with E-state index in [9.17, 15) is 0 Å². The third-order valence-corrected chi connectivity index (χ3v) is 3.31. The molecule has 2 N–H and O–H groups in total. The highest BCUT2D eigenvalue weighted by atomic mass is 35.5. The fourth-order valence-electron chi connectivity index (χ4n) is 2.55. The lowest BCUT2D eigenvalue weighted by molar-refractivity contribution is -0.608. The minimum absolute atomic E-state index is 0. The Balaban J connectivity index is 0.00000108. The summed E-state index contributed by atoms with van der Waals surface area (Å²) < 4.78 is 0. The van der Waals surface area contributed by atoms with Gasteiger partial charge in [-0.3, -0.25) is 0 Å². The maximum Gasteiger partial charge on any atom is 0.129 e. The first-order chi connectivity index (χ1) is 7.92. The lowest BCUT2D eigenvalue weighted by Gasteiger charge is -2.07. The highest BCUT2D eigenvalue weighted by Gasteiger charge is 2.23. The summed E-state index contributed by atoms with van der Waals surface area (Å²) in [6.07, 6.45) is 2.40. The van der Waals surface area contributed by atoms with E-state index < -0.39 is 0 Å². The van der Waals surface area contributed by atoms with Crippen LogP contribution in [0, 0.1) is 0 Å². The highest BCUT2D eigenvalue weighted by Crippen LogP contribution is 2.20. The Hall–Kier alpha value is -1.31. The lowest BCUT2D eigenvalue weighted by atomic mass is 10.1. The topological polar surface area (TPSA) is 16.6 Å². The first-order valence-electron chi connectivity index (χ1n) is 5.88. The van der Waals surface area contributed by atoms with Crippen molar-refractivity contribution in [3.05, 3.63) is 65.7 Å². The third-order valence-electron chi connectivity index (χ3n) is 3.31. The van der Waals surface area contributed by atoms with Crippen LogP contribution in [-0.4, -0.2) is 6.04 Å². The van der Waals surface area contributed by atoms with Crippen LogP contribution in [0.1, 0.15) is 11.1 Å². The Morgan fingerprint density at radius 2 is 1.29 bits per heavy atom. The van der Waals surface area contributed by atoms with Gasteiger partial charge < -0.3 is 17.7 Å². The minimum atomic E-state index is 0. The fourth-order valence-corrected chi connectivity index (χ4v) is 2.55. The van der Waals surface area contributed by atoms with Crippen molar-refractivity contribution in [2.75, 3.05) is 0 Å². The van der Waals surface area contributed by atoms with Crippen molar-refractivity contribution in [2.45, 2.75) is 18.9 Å². The molecule has 0 aromatic heterocycles. The van der Waals surface area contributed by atoms with Crippen LogP contribution in [-0.2, 0) is 12.8 Å². The van der Waals surface area contributed by atoms with E-state index in [-0.39, 0.29) is 12.4 Å². The van der Waals surface area contributed by atoms with Crippen LogP contribution in [0.2, 0.25) is 0 Å². The molecule has 0 bridgehead atoms. The molecule has 0 fully saturated rings. The monoisotopic (exact) mass is 245 g/mol. The van der Waals surface area contributed by atoms with Crippen LogP contribution >= 0.6 is 0 Å². The van der Waals surface area contributed by atoms with E-state index in [4.69, 9.17) is 0 Å². The number of fused-ring (bicyclic) bond motifs is 1. The van der Waals surface area contributed by atoms with Crippen LogP contribution in [0.4, 0.5) is 5.69 Å². The average Bonchev–Trinajstić information content (AvgIpc) is 2.72. The second-order valence-corrected chi connectivity index (χ2v) is 4.51. The molecule has 2 heteroatoms. The second kappa shape index (κ2) is 5.35. The number of benzene rings is 2. The molecule has 2 aromatic rings. The van der Waals surface area contributed by atoms with Crippen molar-refractivity contribution in [3.8, 4) is 0 Å². The molecule has 0 saturated heterocycles. The number of halogens is 1.